The molecule has 2 fully saturated rings. The van der Waals surface area contributed by atoms with Gasteiger partial charge in [-0.05, 0) is 25.7 Å². The molecule has 2 aliphatic carbocycles. The van der Waals surface area contributed by atoms with Crippen LogP contribution in [0.5, 0.6) is 0 Å². The lowest BCUT2D eigenvalue weighted by Crippen LogP contribution is -2.50. The van der Waals surface area contributed by atoms with Crippen LogP contribution in [0.3, 0.4) is 0 Å². The number of nitrogens with one attached hydrogen (secondary N) is 4. The van der Waals surface area contributed by atoms with E-state index in [9.17, 15) is 9.59 Å². The average Bonchev–Trinajstić information content (AvgIpc) is 3.52. The predicted molar refractivity (Wildman–Crippen MR) is 120 cm³/mol. The lowest BCUT2D eigenvalue weighted by molar-refractivity contribution is -0.119. The summed E-state index contributed by atoms with van der Waals surface area (Å²) in [5, 5.41) is 1.14. The summed E-state index contributed by atoms with van der Waals surface area (Å²) in [5.74, 6) is 1.36. The summed E-state index contributed by atoms with van der Waals surface area (Å²) < 4.78 is 0. The standard InChI is InChI=1S/C18H24N8O2S2/c27-11-10-30-16-20-14(18(22-16)7-3-4-8-18)26-24-12(28)9-29-15-19-13(25-23-11)17(21-15)5-1-2-6-17/h1-10H2,(H,23,27)(H,24,28)(H,19,21,25)(H,20,22,26). The van der Waals surface area contributed by atoms with E-state index in [2.05, 4.69) is 31.7 Å². The third-order valence-electron chi connectivity index (χ3n) is 6.08. The van der Waals surface area contributed by atoms with Crippen molar-refractivity contribution in [2.24, 2.45) is 20.0 Å². The number of hydrazine groups is 2. The Kier molecular flexibility index (Phi) is 5.21. The van der Waals surface area contributed by atoms with Gasteiger partial charge in [-0.2, -0.15) is 0 Å². The summed E-state index contributed by atoms with van der Waals surface area (Å²) in [7, 11) is 0. The number of carbonyl (C=O) groups excluding carboxylic acids is 2. The van der Waals surface area contributed by atoms with Gasteiger partial charge < -0.3 is 0 Å². The first-order chi connectivity index (χ1) is 14.6. The topological polar surface area (TPSA) is 132 Å². The van der Waals surface area contributed by atoms with E-state index in [1.165, 1.54) is 23.5 Å². The normalized spacial score (nSPS) is 27.6. The molecule has 30 heavy (non-hydrogen) atoms. The van der Waals surface area contributed by atoms with Crippen LogP contribution in [-0.2, 0) is 9.59 Å². The van der Waals surface area contributed by atoms with Crippen molar-refractivity contribution in [1.82, 2.24) is 21.7 Å². The first-order valence-electron chi connectivity index (χ1n) is 10.3. The number of fused-ring (bicyclic) bond motifs is 4. The zero-order chi connectivity index (χ0) is 20.6. The summed E-state index contributed by atoms with van der Waals surface area (Å²) in [6.45, 7) is 0. The van der Waals surface area contributed by atoms with E-state index in [0.29, 0.717) is 22.0 Å². The van der Waals surface area contributed by atoms with Gasteiger partial charge in [0.25, 0.3) is 0 Å². The van der Waals surface area contributed by atoms with E-state index in [1.54, 1.807) is 0 Å². The van der Waals surface area contributed by atoms with Gasteiger partial charge in [0.15, 0.2) is 22.0 Å². The number of hydrogen-bond acceptors (Lipinski definition) is 10. The molecule has 2 spiro atoms. The summed E-state index contributed by atoms with van der Waals surface area (Å²) in [4.78, 5) is 43.6. The Balaban J connectivity index is 1.35. The second-order valence-corrected chi connectivity index (χ2v) is 10.00. The number of nitrogens with zero attached hydrogens (tertiary/aromatic N) is 4. The molecule has 3 aliphatic heterocycles. The highest BCUT2D eigenvalue weighted by Crippen LogP contribution is 2.39. The van der Waals surface area contributed by atoms with Crippen molar-refractivity contribution in [3.63, 3.8) is 0 Å². The third-order valence-corrected chi connectivity index (χ3v) is 7.78. The Labute approximate surface area is 182 Å². The lowest BCUT2D eigenvalue weighted by Gasteiger charge is -2.23. The summed E-state index contributed by atoms with van der Waals surface area (Å²) in [5.41, 5.74) is 10.7. The van der Waals surface area contributed by atoms with Gasteiger partial charge in [0.2, 0.25) is 11.8 Å². The Hall–Kier alpha value is -2.08. The van der Waals surface area contributed by atoms with E-state index < -0.39 is 11.1 Å². The molecule has 0 saturated heterocycles. The molecule has 160 valence electrons. The molecule has 2 amide bonds. The number of carbonyl (C=O) groups is 2. The van der Waals surface area contributed by atoms with Gasteiger partial charge in [-0.25, -0.2) is 20.0 Å². The molecule has 12 heteroatoms. The van der Waals surface area contributed by atoms with Crippen molar-refractivity contribution >= 4 is 57.3 Å². The van der Waals surface area contributed by atoms with Crippen LogP contribution in [0.2, 0.25) is 0 Å². The molecule has 4 N–H and O–H groups in total. The maximum Gasteiger partial charge on any atom is 0.248 e. The van der Waals surface area contributed by atoms with Crippen LogP contribution in [0.1, 0.15) is 51.4 Å². The van der Waals surface area contributed by atoms with Gasteiger partial charge in [0.05, 0.1) is 11.5 Å². The van der Waals surface area contributed by atoms with Crippen LogP contribution < -0.4 is 21.7 Å². The van der Waals surface area contributed by atoms with Crippen molar-refractivity contribution in [3.8, 4) is 0 Å². The van der Waals surface area contributed by atoms with E-state index in [-0.39, 0.29) is 23.3 Å². The molecule has 0 aromatic heterocycles. The minimum absolute atomic E-state index is 0.169. The van der Waals surface area contributed by atoms with Crippen LogP contribution in [0, 0.1) is 0 Å². The molecule has 0 unspecified atom stereocenters. The molecule has 5 aliphatic rings. The zero-order valence-electron chi connectivity index (χ0n) is 16.5. The zero-order valence-corrected chi connectivity index (χ0v) is 18.1. The molecular weight excluding hydrogens is 424 g/mol. The second kappa shape index (κ2) is 7.88. The maximum atomic E-state index is 12.4. The minimum atomic E-state index is -0.408. The second-order valence-electron chi connectivity index (χ2n) is 8.11. The Bertz CT molecular complexity index is 813. The number of rotatable bonds is 0. The quantitative estimate of drug-likeness (QED) is 0.435. The van der Waals surface area contributed by atoms with Gasteiger partial charge in [0.1, 0.15) is 11.1 Å². The molecule has 4 bridgehead atoms. The average molecular weight is 449 g/mol. The number of amides is 2. The van der Waals surface area contributed by atoms with Gasteiger partial charge in [-0.1, -0.05) is 49.2 Å². The van der Waals surface area contributed by atoms with Crippen molar-refractivity contribution < 1.29 is 9.59 Å². The number of thioether (sulfide) groups is 2. The van der Waals surface area contributed by atoms with E-state index in [0.717, 1.165) is 51.4 Å². The molecule has 2 saturated carbocycles. The molecular formula is C18H24N8O2S2. The minimum Gasteiger partial charge on any atom is -0.283 e. The van der Waals surface area contributed by atoms with Crippen LogP contribution in [0.25, 0.3) is 0 Å². The fourth-order valence-electron chi connectivity index (χ4n) is 4.55. The first-order valence-corrected chi connectivity index (χ1v) is 12.3. The van der Waals surface area contributed by atoms with Gasteiger partial charge >= 0.3 is 0 Å². The number of hydrogen-bond donors (Lipinski definition) is 4. The molecule has 0 aromatic rings. The van der Waals surface area contributed by atoms with Gasteiger partial charge in [0, 0.05) is 0 Å². The largest absolute Gasteiger partial charge is 0.283 e. The predicted octanol–water partition coefficient (Wildman–Crippen LogP) is 0.870. The Morgan fingerprint density at radius 2 is 1.03 bits per heavy atom. The van der Waals surface area contributed by atoms with Crippen LogP contribution in [-0.4, -0.2) is 56.4 Å². The number of aliphatic imine (C=N–C) groups is 4. The SMILES string of the molecule is O=C1CSC2=NC3(CCCC3)C(=N2)NNC(=O)CSC2=NC3(CCCC3)C(=N2)NN1. The van der Waals surface area contributed by atoms with Crippen molar-refractivity contribution in [1.29, 1.82) is 0 Å². The van der Waals surface area contributed by atoms with E-state index in [1.807, 2.05) is 0 Å². The molecule has 0 aromatic carbocycles. The smallest absolute Gasteiger partial charge is 0.248 e. The number of amidine groups is 4. The van der Waals surface area contributed by atoms with E-state index >= 15 is 0 Å². The first kappa shape index (κ1) is 19.9. The summed E-state index contributed by atoms with van der Waals surface area (Å²) in [6.07, 6.45) is 7.82. The fraction of sp³-hybridized carbons (Fsp3) is 0.667. The Morgan fingerprint density at radius 1 is 0.633 bits per heavy atom. The van der Waals surface area contributed by atoms with Gasteiger partial charge in [-0.3, -0.25) is 31.3 Å². The molecule has 5 rings (SSSR count). The Morgan fingerprint density at radius 3 is 1.43 bits per heavy atom. The van der Waals surface area contributed by atoms with Crippen molar-refractivity contribution in [2.75, 3.05) is 11.5 Å². The van der Waals surface area contributed by atoms with Crippen LogP contribution in [0.15, 0.2) is 20.0 Å². The van der Waals surface area contributed by atoms with Crippen molar-refractivity contribution in [2.45, 2.75) is 62.4 Å². The van der Waals surface area contributed by atoms with Gasteiger partial charge in [-0.15, -0.1) is 0 Å². The molecule has 0 radical (unpaired) electrons. The molecule has 3 heterocycles. The fourth-order valence-corrected chi connectivity index (χ4v) is 6.00. The van der Waals surface area contributed by atoms with Crippen LogP contribution >= 0.6 is 23.5 Å². The van der Waals surface area contributed by atoms with Crippen LogP contribution in [0.4, 0.5) is 0 Å². The lowest BCUT2D eigenvalue weighted by atomic mass is 9.98. The maximum absolute atomic E-state index is 12.4. The monoisotopic (exact) mass is 448 g/mol. The highest BCUT2D eigenvalue weighted by molar-refractivity contribution is 8.14. The highest BCUT2D eigenvalue weighted by atomic mass is 32.2. The van der Waals surface area contributed by atoms with Crippen molar-refractivity contribution in [3.05, 3.63) is 0 Å². The van der Waals surface area contributed by atoms with E-state index in [4.69, 9.17) is 9.98 Å². The molecule has 0 atom stereocenters. The molecule has 10 nitrogen and oxygen atoms in total. The highest BCUT2D eigenvalue weighted by Gasteiger charge is 2.44. The third kappa shape index (κ3) is 3.70. The summed E-state index contributed by atoms with van der Waals surface area (Å²) >= 11 is 2.59. The summed E-state index contributed by atoms with van der Waals surface area (Å²) in [6, 6.07) is 0.